The number of amides is 1. The first kappa shape index (κ1) is 15.4. The van der Waals surface area contributed by atoms with Crippen molar-refractivity contribution in [3.63, 3.8) is 0 Å². The summed E-state index contributed by atoms with van der Waals surface area (Å²) in [5.41, 5.74) is 9.08. The maximum absolute atomic E-state index is 12.2. The summed E-state index contributed by atoms with van der Waals surface area (Å²) in [5.74, 6) is 0.814. The first-order valence-electron chi connectivity index (χ1n) is 8.08. The Morgan fingerprint density at radius 1 is 1.22 bits per heavy atom. The molecule has 0 spiro atoms. The Morgan fingerprint density at radius 3 is 2.87 bits per heavy atom. The molecule has 23 heavy (non-hydrogen) atoms. The molecule has 2 aromatic rings. The van der Waals surface area contributed by atoms with E-state index in [-0.39, 0.29) is 11.9 Å². The number of hydrogen-bond donors (Lipinski definition) is 2. The van der Waals surface area contributed by atoms with Crippen LogP contribution in [-0.4, -0.2) is 12.5 Å². The maximum atomic E-state index is 12.2. The van der Waals surface area contributed by atoms with E-state index in [2.05, 4.69) is 5.32 Å². The summed E-state index contributed by atoms with van der Waals surface area (Å²) in [6.07, 6.45) is 3.43. The van der Waals surface area contributed by atoms with Gasteiger partial charge in [-0.3, -0.25) is 4.79 Å². The van der Waals surface area contributed by atoms with E-state index in [1.807, 2.05) is 48.5 Å². The van der Waals surface area contributed by atoms with Crippen molar-refractivity contribution in [1.29, 1.82) is 0 Å². The van der Waals surface area contributed by atoms with Gasteiger partial charge in [-0.1, -0.05) is 24.3 Å². The maximum Gasteiger partial charge on any atom is 0.223 e. The summed E-state index contributed by atoms with van der Waals surface area (Å²) < 4.78 is 5.57. The number of carbonyl (C=O) groups excluding carboxylic acids is 1. The molecule has 1 aliphatic rings. The Hall–Kier alpha value is -2.49. The molecule has 3 N–H and O–H groups in total. The summed E-state index contributed by atoms with van der Waals surface area (Å²) >= 11 is 0. The molecule has 1 unspecified atom stereocenters. The Kier molecular flexibility index (Phi) is 4.81. The van der Waals surface area contributed by atoms with Crippen molar-refractivity contribution in [2.45, 2.75) is 31.7 Å². The van der Waals surface area contributed by atoms with Crippen LogP contribution in [-0.2, 0) is 11.2 Å². The highest BCUT2D eigenvalue weighted by molar-refractivity contribution is 5.76. The third kappa shape index (κ3) is 4.03. The molecule has 4 heteroatoms. The average molecular weight is 310 g/mol. The number of hydrogen-bond acceptors (Lipinski definition) is 3. The second-order valence-corrected chi connectivity index (χ2v) is 5.88. The minimum atomic E-state index is 0.0237. The van der Waals surface area contributed by atoms with Gasteiger partial charge >= 0.3 is 0 Å². The number of fused-ring (bicyclic) bond motifs is 1. The number of ether oxygens (including phenoxy) is 1. The van der Waals surface area contributed by atoms with Crippen LogP contribution in [0.15, 0.2) is 48.5 Å². The van der Waals surface area contributed by atoms with Crippen molar-refractivity contribution in [2.75, 3.05) is 12.3 Å². The van der Waals surface area contributed by atoms with Gasteiger partial charge in [0, 0.05) is 5.69 Å². The number of rotatable bonds is 5. The van der Waals surface area contributed by atoms with Crippen LogP contribution in [0.25, 0.3) is 0 Å². The van der Waals surface area contributed by atoms with Gasteiger partial charge < -0.3 is 15.8 Å². The molecule has 120 valence electrons. The van der Waals surface area contributed by atoms with Gasteiger partial charge in [-0.15, -0.1) is 0 Å². The minimum absolute atomic E-state index is 0.0237. The highest BCUT2D eigenvalue weighted by Crippen LogP contribution is 2.30. The fourth-order valence-electron chi connectivity index (χ4n) is 3.03. The summed E-state index contributed by atoms with van der Waals surface area (Å²) in [6, 6.07) is 15.6. The van der Waals surface area contributed by atoms with Gasteiger partial charge in [0.05, 0.1) is 19.1 Å². The molecular formula is C19H22N2O2. The number of benzene rings is 2. The number of nitrogens with two attached hydrogens (primary N) is 1. The van der Waals surface area contributed by atoms with Crippen LogP contribution in [0.1, 0.15) is 36.4 Å². The highest BCUT2D eigenvalue weighted by atomic mass is 16.5. The van der Waals surface area contributed by atoms with Crippen LogP contribution < -0.4 is 15.8 Å². The molecule has 1 amide bonds. The number of nitrogen functional groups attached to an aromatic ring is 1. The van der Waals surface area contributed by atoms with Crippen molar-refractivity contribution in [1.82, 2.24) is 5.32 Å². The summed E-state index contributed by atoms with van der Waals surface area (Å²) in [7, 11) is 0. The van der Waals surface area contributed by atoms with E-state index in [1.165, 1.54) is 11.1 Å². The van der Waals surface area contributed by atoms with Gasteiger partial charge in [-0.25, -0.2) is 0 Å². The largest absolute Gasteiger partial charge is 0.493 e. The summed E-state index contributed by atoms with van der Waals surface area (Å²) in [5, 5.41) is 3.12. The first-order valence-corrected chi connectivity index (χ1v) is 8.08. The highest BCUT2D eigenvalue weighted by Gasteiger charge is 2.21. The fraction of sp³-hybridized carbons (Fsp3) is 0.316. The zero-order valence-corrected chi connectivity index (χ0v) is 13.1. The monoisotopic (exact) mass is 310 g/mol. The van der Waals surface area contributed by atoms with E-state index in [0.29, 0.717) is 13.0 Å². The Bertz CT molecular complexity index is 670. The molecule has 1 atom stereocenters. The van der Waals surface area contributed by atoms with Gasteiger partial charge in [0.2, 0.25) is 5.91 Å². The van der Waals surface area contributed by atoms with Crippen LogP contribution in [0.5, 0.6) is 5.75 Å². The molecule has 0 heterocycles. The van der Waals surface area contributed by atoms with Crippen LogP contribution in [0, 0.1) is 0 Å². The number of aryl methyl sites for hydroxylation is 1. The lowest BCUT2D eigenvalue weighted by atomic mass is 9.87. The topological polar surface area (TPSA) is 64.3 Å². The van der Waals surface area contributed by atoms with Gasteiger partial charge in [-0.05, 0) is 54.7 Å². The molecule has 0 radical (unpaired) electrons. The molecule has 0 fully saturated rings. The lowest BCUT2D eigenvalue weighted by Gasteiger charge is -2.26. The van der Waals surface area contributed by atoms with Crippen LogP contribution in [0.4, 0.5) is 5.69 Å². The first-order chi connectivity index (χ1) is 11.2. The third-order valence-corrected chi connectivity index (χ3v) is 4.16. The SMILES string of the molecule is Nc1ccc2c(c1)CCCC2NC(=O)CCOc1ccccc1. The van der Waals surface area contributed by atoms with Crippen molar-refractivity contribution in [3.8, 4) is 5.75 Å². The normalized spacial score (nSPS) is 16.4. The number of carbonyl (C=O) groups is 1. The molecule has 2 aromatic carbocycles. The molecule has 0 aliphatic heterocycles. The van der Waals surface area contributed by atoms with E-state index in [4.69, 9.17) is 10.5 Å². The Labute approximate surface area is 136 Å². The van der Waals surface area contributed by atoms with Gasteiger partial charge in [0.25, 0.3) is 0 Å². The van der Waals surface area contributed by atoms with Crippen molar-refractivity contribution < 1.29 is 9.53 Å². The van der Waals surface area contributed by atoms with Crippen LogP contribution in [0.2, 0.25) is 0 Å². The minimum Gasteiger partial charge on any atom is -0.493 e. The molecule has 3 rings (SSSR count). The Morgan fingerprint density at radius 2 is 2.04 bits per heavy atom. The van der Waals surface area contributed by atoms with Gasteiger partial charge in [0.15, 0.2) is 0 Å². The lowest BCUT2D eigenvalue weighted by Crippen LogP contribution is -2.31. The number of anilines is 1. The predicted molar refractivity (Wildman–Crippen MR) is 91.2 cm³/mol. The molecular weight excluding hydrogens is 288 g/mol. The van der Waals surface area contributed by atoms with E-state index >= 15 is 0 Å². The standard InChI is InChI=1S/C19H22N2O2/c20-15-9-10-17-14(13-15)5-4-8-18(17)21-19(22)11-12-23-16-6-2-1-3-7-16/h1-3,6-7,9-10,13,18H,4-5,8,11-12,20H2,(H,21,22). The summed E-state index contributed by atoms with van der Waals surface area (Å²) in [4.78, 5) is 12.2. The quantitative estimate of drug-likeness (QED) is 0.833. The Balaban J connectivity index is 1.53. The van der Waals surface area contributed by atoms with Crippen molar-refractivity contribution in [2.24, 2.45) is 0 Å². The molecule has 0 bridgehead atoms. The fourth-order valence-corrected chi connectivity index (χ4v) is 3.03. The zero-order chi connectivity index (χ0) is 16.1. The van der Waals surface area contributed by atoms with Crippen molar-refractivity contribution in [3.05, 3.63) is 59.7 Å². The second-order valence-electron chi connectivity index (χ2n) is 5.88. The van der Waals surface area contributed by atoms with Gasteiger partial charge in [-0.2, -0.15) is 0 Å². The molecule has 0 saturated carbocycles. The van der Waals surface area contributed by atoms with Crippen LogP contribution >= 0.6 is 0 Å². The number of para-hydroxylation sites is 1. The predicted octanol–water partition coefficient (Wildman–Crippen LogP) is 3.23. The molecule has 1 aliphatic carbocycles. The van der Waals surface area contributed by atoms with E-state index < -0.39 is 0 Å². The van der Waals surface area contributed by atoms with Gasteiger partial charge in [0.1, 0.15) is 5.75 Å². The zero-order valence-electron chi connectivity index (χ0n) is 13.1. The molecule has 4 nitrogen and oxygen atoms in total. The smallest absolute Gasteiger partial charge is 0.223 e. The average Bonchev–Trinajstić information content (AvgIpc) is 2.56. The van der Waals surface area contributed by atoms with Crippen LogP contribution in [0.3, 0.4) is 0 Å². The van der Waals surface area contributed by atoms with E-state index in [9.17, 15) is 4.79 Å². The van der Waals surface area contributed by atoms with Crippen molar-refractivity contribution >= 4 is 11.6 Å². The number of nitrogens with one attached hydrogen (secondary N) is 1. The molecule has 0 saturated heterocycles. The summed E-state index contributed by atoms with van der Waals surface area (Å²) in [6.45, 7) is 0.386. The third-order valence-electron chi connectivity index (χ3n) is 4.16. The molecule has 0 aromatic heterocycles. The second kappa shape index (κ2) is 7.18. The van der Waals surface area contributed by atoms with E-state index in [1.54, 1.807) is 0 Å². The lowest BCUT2D eigenvalue weighted by molar-refractivity contribution is -0.122. The van der Waals surface area contributed by atoms with E-state index in [0.717, 1.165) is 30.7 Å².